The Morgan fingerprint density at radius 3 is 2.43 bits per heavy atom. The van der Waals surface area contributed by atoms with Crippen LogP contribution in [0.3, 0.4) is 0 Å². The highest BCUT2D eigenvalue weighted by molar-refractivity contribution is 5.35. The number of aryl methyl sites for hydroxylation is 1. The van der Waals surface area contributed by atoms with Gasteiger partial charge in [-0.3, -0.25) is 4.90 Å². The van der Waals surface area contributed by atoms with Gasteiger partial charge in [0.1, 0.15) is 5.54 Å². The molecule has 2 nitrogen and oxygen atoms in total. The van der Waals surface area contributed by atoms with Gasteiger partial charge in [0.05, 0.1) is 6.07 Å². The average Bonchev–Trinajstić information content (AvgIpc) is 2.55. The number of hydrogen-bond acceptors (Lipinski definition) is 2. The Morgan fingerprint density at radius 1 is 1.05 bits per heavy atom. The van der Waals surface area contributed by atoms with Crippen molar-refractivity contribution in [2.45, 2.75) is 31.3 Å². The summed E-state index contributed by atoms with van der Waals surface area (Å²) in [6, 6.07) is 21.5. The summed E-state index contributed by atoms with van der Waals surface area (Å²) >= 11 is 0. The summed E-state index contributed by atoms with van der Waals surface area (Å²) < 4.78 is 0. The van der Waals surface area contributed by atoms with Crippen LogP contribution in [0.4, 0.5) is 0 Å². The average molecular weight is 276 g/mol. The van der Waals surface area contributed by atoms with Crippen molar-refractivity contribution in [2.24, 2.45) is 0 Å². The Labute approximate surface area is 126 Å². The third kappa shape index (κ3) is 2.70. The van der Waals surface area contributed by atoms with Crippen LogP contribution < -0.4 is 0 Å². The van der Waals surface area contributed by atoms with Crippen molar-refractivity contribution in [3.05, 3.63) is 71.3 Å². The number of likely N-dealkylation sites (N-methyl/N-ethyl adjacent to an activating group) is 1. The van der Waals surface area contributed by atoms with Crippen molar-refractivity contribution in [1.29, 1.82) is 5.26 Å². The minimum Gasteiger partial charge on any atom is -0.284 e. The Morgan fingerprint density at radius 2 is 1.71 bits per heavy atom. The predicted molar refractivity (Wildman–Crippen MR) is 84.7 cm³/mol. The van der Waals surface area contributed by atoms with Crippen molar-refractivity contribution >= 4 is 0 Å². The molecule has 21 heavy (non-hydrogen) atoms. The molecule has 0 N–H and O–H groups in total. The van der Waals surface area contributed by atoms with Crippen LogP contribution in [0, 0.1) is 11.3 Å². The minimum atomic E-state index is -0.385. The summed E-state index contributed by atoms with van der Waals surface area (Å²) in [6.45, 7) is 0.816. The first-order valence-electron chi connectivity index (χ1n) is 7.47. The van der Waals surface area contributed by atoms with Crippen molar-refractivity contribution in [1.82, 2.24) is 4.90 Å². The van der Waals surface area contributed by atoms with Crippen LogP contribution in [-0.4, -0.2) is 17.5 Å². The molecule has 1 aliphatic carbocycles. The van der Waals surface area contributed by atoms with E-state index in [4.69, 9.17) is 0 Å². The lowest BCUT2D eigenvalue weighted by atomic mass is 9.77. The maximum Gasteiger partial charge on any atom is 0.113 e. The van der Waals surface area contributed by atoms with Crippen molar-refractivity contribution < 1.29 is 0 Å². The molecule has 0 aromatic heterocycles. The third-order valence-corrected chi connectivity index (χ3v) is 4.61. The van der Waals surface area contributed by atoms with Gasteiger partial charge in [-0.1, -0.05) is 54.6 Å². The maximum absolute atomic E-state index is 9.82. The number of benzene rings is 2. The van der Waals surface area contributed by atoms with Crippen molar-refractivity contribution in [3.8, 4) is 6.07 Å². The first kappa shape index (κ1) is 13.9. The molecule has 0 saturated carbocycles. The predicted octanol–water partition coefficient (Wildman–Crippen LogP) is 3.57. The number of hydrogen-bond donors (Lipinski definition) is 0. The van der Waals surface area contributed by atoms with E-state index in [0.29, 0.717) is 0 Å². The second-order valence-corrected chi connectivity index (χ2v) is 5.93. The fourth-order valence-electron chi connectivity index (χ4n) is 3.23. The SMILES string of the molecule is CN(Cc1ccccc1)[C@]1(C#N)CCc2ccccc2C1. The lowest BCUT2D eigenvalue weighted by molar-refractivity contribution is 0.148. The number of nitriles is 1. The summed E-state index contributed by atoms with van der Waals surface area (Å²) in [6.07, 6.45) is 2.72. The molecule has 0 spiro atoms. The van der Waals surface area contributed by atoms with Crippen LogP contribution in [0.1, 0.15) is 23.1 Å². The fourth-order valence-corrected chi connectivity index (χ4v) is 3.23. The van der Waals surface area contributed by atoms with Gasteiger partial charge in [0, 0.05) is 13.0 Å². The Balaban J connectivity index is 1.84. The molecule has 0 heterocycles. The minimum absolute atomic E-state index is 0.385. The summed E-state index contributed by atoms with van der Waals surface area (Å²) in [5.74, 6) is 0. The first-order chi connectivity index (χ1) is 10.2. The molecule has 0 saturated heterocycles. The zero-order valence-electron chi connectivity index (χ0n) is 12.4. The zero-order valence-corrected chi connectivity index (χ0v) is 12.4. The van der Waals surface area contributed by atoms with Crippen molar-refractivity contribution in [2.75, 3.05) is 7.05 Å². The molecule has 0 aliphatic heterocycles. The van der Waals surface area contributed by atoms with Gasteiger partial charge in [-0.2, -0.15) is 5.26 Å². The van der Waals surface area contributed by atoms with Gasteiger partial charge in [0.2, 0.25) is 0 Å². The van der Waals surface area contributed by atoms with Crippen LogP contribution in [0.15, 0.2) is 54.6 Å². The molecular weight excluding hydrogens is 256 g/mol. The molecule has 2 aromatic carbocycles. The monoisotopic (exact) mass is 276 g/mol. The quantitative estimate of drug-likeness (QED) is 0.857. The Bertz CT molecular complexity index is 657. The zero-order chi connectivity index (χ0) is 14.7. The van der Waals surface area contributed by atoms with E-state index >= 15 is 0 Å². The molecule has 0 bridgehead atoms. The highest BCUT2D eigenvalue weighted by atomic mass is 15.2. The van der Waals surface area contributed by atoms with E-state index < -0.39 is 0 Å². The summed E-state index contributed by atoms with van der Waals surface area (Å²) in [5, 5.41) is 9.82. The molecular formula is C19H20N2. The van der Waals surface area contributed by atoms with Crippen molar-refractivity contribution in [3.63, 3.8) is 0 Å². The molecule has 1 aliphatic rings. The third-order valence-electron chi connectivity index (χ3n) is 4.61. The fraction of sp³-hybridized carbons (Fsp3) is 0.316. The first-order valence-corrected chi connectivity index (χ1v) is 7.47. The summed E-state index contributed by atoms with van der Waals surface area (Å²) in [7, 11) is 2.07. The van der Waals surface area contributed by atoms with Crippen LogP contribution in [-0.2, 0) is 19.4 Å². The van der Waals surface area contributed by atoms with Crippen LogP contribution >= 0.6 is 0 Å². The topological polar surface area (TPSA) is 27.0 Å². The smallest absolute Gasteiger partial charge is 0.113 e. The molecule has 1 atom stereocenters. The highest BCUT2D eigenvalue weighted by Crippen LogP contribution is 2.33. The van der Waals surface area contributed by atoms with Gasteiger partial charge in [-0.15, -0.1) is 0 Å². The number of rotatable bonds is 3. The molecule has 0 fully saturated rings. The summed E-state index contributed by atoms with van der Waals surface area (Å²) in [4.78, 5) is 2.22. The van der Waals surface area contributed by atoms with Crippen LogP contribution in [0.5, 0.6) is 0 Å². The molecule has 2 aromatic rings. The lowest BCUT2D eigenvalue weighted by Gasteiger charge is -2.40. The lowest BCUT2D eigenvalue weighted by Crippen LogP contribution is -2.49. The van der Waals surface area contributed by atoms with E-state index in [1.54, 1.807) is 0 Å². The van der Waals surface area contributed by atoms with E-state index in [1.807, 2.05) is 6.07 Å². The number of nitrogens with zero attached hydrogens (tertiary/aromatic N) is 2. The van der Waals surface area contributed by atoms with E-state index in [1.165, 1.54) is 16.7 Å². The van der Waals surface area contributed by atoms with Gasteiger partial charge < -0.3 is 0 Å². The van der Waals surface area contributed by atoms with Gasteiger partial charge in [-0.05, 0) is 36.6 Å². The molecule has 2 heteroatoms. The van der Waals surface area contributed by atoms with Gasteiger partial charge >= 0.3 is 0 Å². The molecule has 3 rings (SSSR count). The normalized spacial score (nSPS) is 20.8. The number of fused-ring (bicyclic) bond motifs is 1. The summed E-state index contributed by atoms with van der Waals surface area (Å²) in [5.41, 5.74) is 3.60. The largest absolute Gasteiger partial charge is 0.284 e. The molecule has 0 radical (unpaired) electrons. The standard InChI is InChI=1S/C19H20N2/c1-21(14-16-7-3-2-4-8-16)19(15-20)12-11-17-9-5-6-10-18(17)13-19/h2-10H,11-14H2,1H3/t19-/m1/s1. The second kappa shape index (κ2) is 5.71. The maximum atomic E-state index is 9.82. The second-order valence-electron chi connectivity index (χ2n) is 5.93. The van der Waals surface area contributed by atoms with Gasteiger partial charge in [0.25, 0.3) is 0 Å². The Hall–Kier alpha value is -2.11. The Kier molecular flexibility index (Phi) is 3.77. The highest BCUT2D eigenvalue weighted by Gasteiger charge is 2.38. The van der Waals surface area contributed by atoms with Crippen LogP contribution in [0.2, 0.25) is 0 Å². The van der Waals surface area contributed by atoms with E-state index in [2.05, 4.69) is 66.5 Å². The molecule has 0 unspecified atom stereocenters. The van der Waals surface area contributed by atoms with Gasteiger partial charge in [0.15, 0.2) is 0 Å². The van der Waals surface area contributed by atoms with E-state index in [-0.39, 0.29) is 5.54 Å². The van der Waals surface area contributed by atoms with Gasteiger partial charge in [-0.25, -0.2) is 0 Å². The van der Waals surface area contributed by atoms with Crippen LogP contribution in [0.25, 0.3) is 0 Å². The van der Waals surface area contributed by atoms with E-state index in [9.17, 15) is 5.26 Å². The molecule has 106 valence electrons. The molecule has 0 amide bonds. The van der Waals surface area contributed by atoms with E-state index in [0.717, 1.165) is 25.8 Å².